The van der Waals surface area contributed by atoms with Crippen LogP contribution in [0, 0.1) is 0 Å². The third kappa shape index (κ3) is 5.89. The molecule has 0 rings (SSSR count). The van der Waals surface area contributed by atoms with Crippen LogP contribution >= 0.6 is 0 Å². The Morgan fingerprint density at radius 3 is 2.38 bits per heavy atom. The number of rotatable bonds is 7. The normalized spacial score (nSPS) is 12.3. The topological polar surface area (TPSA) is 58.2 Å². The van der Waals surface area contributed by atoms with E-state index in [1.54, 1.807) is 4.72 Å². The first-order valence-corrected chi connectivity index (χ1v) is 5.52. The van der Waals surface area contributed by atoms with Gasteiger partial charge in [-0.1, -0.05) is 6.92 Å². The fourth-order valence-corrected chi connectivity index (χ4v) is 1.22. The van der Waals surface area contributed by atoms with Crippen molar-refractivity contribution in [3.05, 3.63) is 0 Å². The van der Waals surface area contributed by atoms with Crippen molar-refractivity contribution in [3.63, 3.8) is 0 Å². The van der Waals surface area contributed by atoms with Crippen LogP contribution < -0.4 is 10.0 Å². The highest BCUT2D eigenvalue weighted by Gasteiger charge is 2.22. The van der Waals surface area contributed by atoms with E-state index in [1.165, 1.54) is 0 Å². The van der Waals surface area contributed by atoms with Gasteiger partial charge in [-0.2, -0.15) is 8.78 Å². The summed E-state index contributed by atoms with van der Waals surface area (Å²) < 4.78 is 46.2. The summed E-state index contributed by atoms with van der Waals surface area (Å²) in [6, 6.07) is 0. The lowest BCUT2D eigenvalue weighted by Crippen LogP contribution is -2.31. The zero-order chi connectivity index (χ0) is 10.3. The molecule has 0 aromatic rings. The molecule has 13 heavy (non-hydrogen) atoms. The number of alkyl halides is 2. The molecule has 0 fully saturated rings. The first-order valence-electron chi connectivity index (χ1n) is 3.98. The van der Waals surface area contributed by atoms with E-state index in [2.05, 4.69) is 5.32 Å². The summed E-state index contributed by atoms with van der Waals surface area (Å²) in [6.45, 7) is 3.34. The molecule has 4 nitrogen and oxygen atoms in total. The fourth-order valence-electron chi connectivity index (χ4n) is 0.668. The van der Waals surface area contributed by atoms with E-state index in [-0.39, 0.29) is 6.54 Å². The second kappa shape index (κ2) is 6.22. The molecule has 0 aromatic carbocycles. The minimum atomic E-state index is -4.40. The Hall–Kier alpha value is -0.270. The number of hydrogen-bond acceptors (Lipinski definition) is 3. The molecule has 0 atom stereocenters. The van der Waals surface area contributed by atoms with Crippen LogP contribution in [0.3, 0.4) is 0 Å². The van der Waals surface area contributed by atoms with Crippen molar-refractivity contribution < 1.29 is 17.2 Å². The third-order valence-corrected chi connectivity index (χ3v) is 2.39. The lowest BCUT2D eigenvalue weighted by molar-refractivity contribution is 0.232. The second-order valence-corrected chi connectivity index (χ2v) is 4.14. The van der Waals surface area contributed by atoms with E-state index in [0.29, 0.717) is 13.0 Å². The smallest absolute Gasteiger partial charge is 0.317 e. The van der Waals surface area contributed by atoms with Crippen molar-refractivity contribution in [2.45, 2.75) is 19.1 Å². The maximum atomic E-state index is 11.7. The molecule has 0 unspecified atom stereocenters. The minimum absolute atomic E-state index is 0.0413. The van der Waals surface area contributed by atoms with Crippen LogP contribution in [0.2, 0.25) is 0 Å². The molecule has 0 amide bonds. The van der Waals surface area contributed by atoms with Gasteiger partial charge in [-0.05, 0) is 19.5 Å². The van der Waals surface area contributed by atoms with Crippen molar-refractivity contribution in [2.24, 2.45) is 0 Å². The van der Waals surface area contributed by atoms with Gasteiger partial charge in [0.25, 0.3) is 10.0 Å². The van der Waals surface area contributed by atoms with Crippen LogP contribution in [-0.4, -0.2) is 33.8 Å². The summed E-state index contributed by atoms with van der Waals surface area (Å²) in [5, 5.41) is 2.94. The van der Waals surface area contributed by atoms with Gasteiger partial charge in [0, 0.05) is 6.54 Å². The Morgan fingerprint density at radius 1 is 1.31 bits per heavy atom. The predicted molar refractivity (Wildman–Crippen MR) is 46.1 cm³/mol. The summed E-state index contributed by atoms with van der Waals surface area (Å²) in [7, 11) is -4.40. The molecule has 0 saturated heterocycles. The summed E-state index contributed by atoms with van der Waals surface area (Å²) >= 11 is 0. The molecule has 0 radical (unpaired) electrons. The molecule has 0 aliphatic carbocycles. The van der Waals surface area contributed by atoms with Crippen molar-refractivity contribution >= 4 is 10.0 Å². The molecule has 0 bridgehead atoms. The van der Waals surface area contributed by atoms with E-state index < -0.39 is 15.8 Å². The highest BCUT2D eigenvalue weighted by Crippen LogP contribution is 2.00. The van der Waals surface area contributed by atoms with Gasteiger partial charge in [0.05, 0.1) is 0 Å². The van der Waals surface area contributed by atoms with Crippen molar-refractivity contribution in [3.8, 4) is 0 Å². The van der Waals surface area contributed by atoms with Crippen LogP contribution in [-0.2, 0) is 10.0 Å². The Kier molecular flexibility index (Phi) is 6.10. The number of halogens is 2. The quantitative estimate of drug-likeness (QED) is 0.595. The molecule has 0 aromatic heterocycles. The van der Waals surface area contributed by atoms with Crippen LogP contribution in [0.15, 0.2) is 0 Å². The van der Waals surface area contributed by atoms with Gasteiger partial charge in [0.1, 0.15) is 0 Å². The van der Waals surface area contributed by atoms with E-state index in [1.807, 2.05) is 6.92 Å². The zero-order valence-corrected chi connectivity index (χ0v) is 8.20. The van der Waals surface area contributed by atoms with Crippen LogP contribution in [0.25, 0.3) is 0 Å². The van der Waals surface area contributed by atoms with Gasteiger partial charge in [-0.15, -0.1) is 0 Å². The monoisotopic (exact) mass is 216 g/mol. The van der Waals surface area contributed by atoms with Gasteiger partial charge in [0.2, 0.25) is 0 Å². The highest BCUT2D eigenvalue weighted by atomic mass is 32.2. The molecular formula is C6H14F2N2O2S. The molecule has 7 heteroatoms. The number of hydrogen-bond donors (Lipinski definition) is 2. The first-order chi connectivity index (χ1) is 6.00. The maximum Gasteiger partial charge on any atom is 0.350 e. The second-order valence-electron chi connectivity index (χ2n) is 2.41. The number of sulfonamides is 1. The van der Waals surface area contributed by atoms with E-state index in [0.717, 1.165) is 6.54 Å². The summed E-state index contributed by atoms with van der Waals surface area (Å²) in [6.07, 6.45) is 0.500. The van der Waals surface area contributed by atoms with Crippen molar-refractivity contribution in [1.82, 2.24) is 10.0 Å². The van der Waals surface area contributed by atoms with Gasteiger partial charge in [-0.25, -0.2) is 13.1 Å². The average molecular weight is 216 g/mol. The van der Waals surface area contributed by atoms with Gasteiger partial charge in [-0.3, -0.25) is 0 Å². The fraction of sp³-hybridized carbons (Fsp3) is 1.00. The first kappa shape index (κ1) is 12.7. The van der Waals surface area contributed by atoms with Gasteiger partial charge < -0.3 is 5.32 Å². The third-order valence-electron chi connectivity index (χ3n) is 1.32. The largest absolute Gasteiger partial charge is 0.350 e. The van der Waals surface area contributed by atoms with Crippen molar-refractivity contribution in [1.29, 1.82) is 0 Å². The Bertz CT molecular complexity index is 219. The Balaban J connectivity index is 3.53. The van der Waals surface area contributed by atoms with E-state index in [9.17, 15) is 17.2 Å². The molecular weight excluding hydrogens is 202 g/mol. The van der Waals surface area contributed by atoms with E-state index in [4.69, 9.17) is 0 Å². The van der Waals surface area contributed by atoms with Gasteiger partial charge in [0.15, 0.2) is 0 Å². The molecule has 0 heterocycles. The Labute approximate surface area is 76.8 Å². The molecule has 0 saturated carbocycles. The minimum Gasteiger partial charge on any atom is -0.317 e. The summed E-state index contributed by atoms with van der Waals surface area (Å²) in [5.41, 5.74) is 0. The van der Waals surface area contributed by atoms with Gasteiger partial charge >= 0.3 is 5.76 Å². The summed E-state index contributed by atoms with van der Waals surface area (Å²) in [4.78, 5) is 0. The van der Waals surface area contributed by atoms with Crippen molar-refractivity contribution in [2.75, 3.05) is 19.6 Å². The molecule has 0 aliphatic rings. The standard InChI is InChI=1S/C6H14F2N2O2S/c1-2-9-4-3-5-10-13(11,12)6(7)8/h6,9-10H,2-5H2,1H3. The zero-order valence-electron chi connectivity index (χ0n) is 7.39. The lowest BCUT2D eigenvalue weighted by atomic mass is 10.4. The average Bonchev–Trinajstić information content (AvgIpc) is 2.03. The maximum absolute atomic E-state index is 11.7. The number of nitrogens with one attached hydrogen (secondary N) is 2. The SMILES string of the molecule is CCNCCCNS(=O)(=O)C(F)F. The summed E-state index contributed by atoms with van der Waals surface area (Å²) in [5.74, 6) is -3.34. The highest BCUT2D eigenvalue weighted by molar-refractivity contribution is 7.89. The molecule has 2 N–H and O–H groups in total. The lowest BCUT2D eigenvalue weighted by Gasteiger charge is -2.05. The van der Waals surface area contributed by atoms with Crippen LogP contribution in [0.4, 0.5) is 8.78 Å². The predicted octanol–water partition coefficient (Wildman–Crippen LogP) is 0.128. The Morgan fingerprint density at radius 2 is 1.92 bits per heavy atom. The van der Waals surface area contributed by atoms with Crippen LogP contribution in [0.5, 0.6) is 0 Å². The molecule has 0 spiro atoms. The van der Waals surface area contributed by atoms with Crippen LogP contribution in [0.1, 0.15) is 13.3 Å². The molecule has 0 aliphatic heterocycles. The van der Waals surface area contributed by atoms with E-state index >= 15 is 0 Å². The molecule has 80 valence electrons.